The molecule has 0 heterocycles. The number of nitrogens with zero attached hydrogens (tertiary/aromatic N) is 1. The Balaban J connectivity index is 0. The first-order chi connectivity index (χ1) is 12.0. The minimum Gasteiger partial charge on any atom is -0.550 e. The lowest BCUT2D eigenvalue weighted by molar-refractivity contribution is -0.302. The van der Waals surface area contributed by atoms with E-state index in [1.807, 2.05) is 0 Å². The first-order valence-electron chi connectivity index (χ1n) is 10.8. The number of carbonyl (C=O) groups excluding carboxylic acids is 1. The number of carboxylic acids is 1. The van der Waals surface area contributed by atoms with E-state index < -0.39 is 5.97 Å². The third-order valence-electron chi connectivity index (χ3n) is 4.46. The van der Waals surface area contributed by atoms with Crippen molar-refractivity contribution in [2.24, 2.45) is 0 Å². The number of unbranched alkanes of at least 4 members (excludes halogenated alkanes) is 15. The van der Waals surface area contributed by atoms with Crippen LogP contribution in [0.2, 0.25) is 0 Å². The van der Waals surface area contributed by atoms with Crippen LogP contribution in [0, 0.1) is 0 Å². The Kier molecular flexibility index (Phi) is 25.0. The predicted molar refractivity (Wildman–Crippen MR) is 109 cm³/mol. The second kappa shape index (κ2) is 23.4. The third kappa shape index (κ3) is 35.4. The van der Waals surface area contributed by atoms with Gasteiger partial charge in [0.05, 0.1) is 0 Å². The topological polar surface area (TPSA) is 43.4 Å². The van der Waals surface area contributed by atoms with Gasteiger partial charge in [0.25, 0.3) is 0 Å². The fraction of sp³-hybridized carbons (Fsp3) is 0.955. The Morgan fingerprint density at radius 1 is 0.640 bits per heavy atom. The largest absolute Gasteiger partial charge is 0.550 e. The molecule has 0 unspecified atom stereocenters. The van der Waals surface area contributed by atoms with Gasteiger partial charge in [-0.05, 0) is 34.0 Å². The van der Waals surface area contributed by atoms with Crippen LogP contribution in [0.4, 0.5) is 0 Å². The van der Waals surface area contributed by atoms with Crippen molar-refractivity contribution in [1.29, 1.82) is 0 Å². The Bertz CT molecular complexity index is 250. The summed E-state index contributed by atoms with van der Waals surface area (Å²) in [5, 5.41) is 8.89. The summed E-state index contributed by atoms with van der Waals surface area (Å²) < 4.78 is 0. The highest BCUT2D eigenvalue weighted by Gasteiger charge is 1.95. The zero-order valence-corrected chi connectivity index (χ0v) is 17.8. The molecule has 0 amide bonds. The summed E-state index contributed by atoms with van der Waals surface area (Å²) >= 11 is 0. The second-order valence-electron chi connectivity index (χ2n) is 7.60. The van der Waals surface area contributed by atoms with Crippen LogP contribution in [0.5, 0.6) is 0 Å². The van der Waals surface area contributed by atoms with Crippen LogP contribution in [0.15, 0.2) is 0 Å². The molecule has 25 heavy (non-hydrogen) atoms. The zero-order chi connectivity index (χ0) is 19.2. The van der Waals surface area contributed by atoms with E-state index in [4.69, 9.17) is 9.90 Å². The quantitative estimate of drug-likeness (QED) is 0.320. The molecule has 0 radical (unpaired) electrons. The minimum absolute atomic E-state index is 0.972. The van der Waals surface area contributed by atoms with Crippen LogP contribution in [-0.4, -0.2) is 31.5 Å². The molecule has 0 aliphatic carbocycles. The maximum Gasteiger partial charge on any atom is 0.0383 e. The second-order valence-corrected chi connectivity index (χ2v) is 7.60. The summed E-state index contributed by atoms with van der Waals surface area (Å²) in [6.45, 7) is 4.53. The van der Waals surface area contributed by atoms with Crippen molar-refractivity contribution in [2.45, 2.75) is 117 Å². The van der Waals surface area contributed by atoms with Crippen LogP contribution in [0.25, 0.3) is 0 Å². The highest BCUT2D eigenvalue weighted by molar-refractivity contribution is 5.60. The van der Waals surface area contributed by atoms with Gasteiger partial charge in [-0.15, -0.1) is 0 Å². The molecule has 0 atom stereocenters. The molecule has 0 aromatic rings. The van der Waals surface area contributed by atoms with Gasteiger partial charge in [0.15, 0.2) is 0 Å². The molecule has 3 nitrogen and oxygen atoms in total. The predicted octanol–water partition coefficient (Wildman–Crippen LogP) is 5.57. The van der Waals surface area contributed by atoms with E-state index in [0.717, 1.165) is 6.92 Å². The molecule has 0 aromatic carbocycles. The third-order valence-corrected chi connectivity index (χ3v) is 4.46. The molecular weight excluding hydrogens is 310 g/mol. The van der Waals surface area contributed by atoms with Gasteiger partial charge >= 0.3 is 0 Å². The number of hydrogen-bond donors (Lipinski definition) is 0. The van der Waals surface area contributed by atoms with Gasteiger partial charge in [-0.25, -0.2) is 0 Å². The van der Waals surface area contributed by atoms with Gasteiger partial charge in [-0.2, -0.15) is 0 Å². The molecular formula is C22H46NO2-. The van der Waals surface area contributed by atoms with Crippen LogP contribution in [0.3, 0.4) is 0 Å². The molecule has 0 fully saturated rings. The highest BCUT2D eigenvalue weighted by Crippen LogP contribution is 2.13. The van der Waals surface area contributed by atoms with Gasteiger partial charge in [0.1, 0.15) is 0 Å². The Morgan fingerprint density at radius 2 is 0.880 bits per heavy atom. The molecule has 0 N–H and O–H groups in total. The first-order valence-corrected chi connectivity index (χ1v) is 10.8. The monoisotopic (exact) mass is 356 g/mol. The van der Waals surface area contributed by atoms with Crippen LogP contribution >= 0.6 is 0 Å². The standard InChI is InChI=1S/C20H43N.C2H4O2/c1-4-5-6-7-8-9-10-11-12-13-14-15-16-17-18-19-20-21(2)3;1-2(3)4/h4-20H2,1-3H3;1H3,(H,3,4)/p-1. The average Bonchev–Trinajstić information content (AvgIpc) is 2.53. The molecule has 0 rings (SSSR count). The number of aliphatic carboxylic acids is 1. The van der Waals surface area contributed by atoms with Crippen molar-refractivity contribution in [1.82, 2.24) is 4.90 Å². The number of hydrogen-bond acceptors (Lipinski definition) is 3. The van der Waals surface area contributed by atoms with Gasteiger partial charge in [0, 0.05) is 5.97 Å². The van der Waals surface area contributed by atoms with Gasteiger partial charge < -0.3 is 14.8 Å². The SMILES string of the molecule is CC(=O)[O-].CCCCCCCCCCCCCCCCCCN(C)C. The van der Waals surface area contributed by atoms with Gasteiger partial charge in [-0.3, -0.25) is 0 Å². The summed E-state index contributed by atoms with van der Waals surface area (Å²) in [7, 11) is 4.34. The molecule has 0 bridgehead atoms. The molecule has 0 saturated carbocycles. The lowest BCUT2D eigenvalue weighted by Gasteiger charge is -2.08. The number of carbonyl (C=O) groups is 1. The van der Waals surface area contributed by atoms with Crippen molar-refractivity contribution in [3.63, 3.8) is 0 Å². The molecule has 0 aliphatic heterocycles. The van der Waals surface area contributed by atoms with Crippen molar-refractivity contribution in [2.75, 3.05) is 20.6 Å². The Hall–Kier alpha value is -0.570. The smallest absolute Gasteiger partial charge is 0.0383 e. The summed E-state index contributed by atoms with van der Waals surface area (Å²) in [6, 6.07) is 0. The highest BCUT2D eigenvalue weighted by atomic mass is 16.4. The van der Waals surface area contributed by atoms with E-state index in [1.54, 1.807) is 0 Å². The van der Waals surface area contributed by atoms with E-state index >= 15 is 0 Å². The Morgan fingerprint density at radius 3 is 1.12 bits per heavy atom. The molecule has 0 saturated heterocycles. The van der Waals surface area contributed by atoms with E-state index in [2.05, 4.69) is 25.9 Å². The fourth-order valence-electron chi connectivity index (χ4n) is 2.98. The fourth-order valence-corrected chi connectivity index (χ4v) is 2.98. The number of carboxylic acid groups (broad SMARTS) is 1. The van der Waals surface area contributed by atoms with Crippen molar-refractivity contribution < 1.29 is 9.90 Å². The molecule has 0 aliphatic rings. The first kappa shape index (κ1) is 26.7. The molecule has 152 valence electrons. The molecule has 3 heteroatoms. The Labute approximate surface area is 158 Å². The lowest BCUT2D eigenvalue weighted by atomic mass is 10.0. The molecule has 0 aromatic heterocycles. The summed E-state index contributed by atoms with van der Waals surface area (Å²) in [6.07, 6.45) is 23.3. The molecule has 0 spiro atoms. The maximum absolute atomic E-state index is 8.89. The summed E-state index contributed by atoms with van der Waals surface area (Å²) in [4.78, 5) is 11.2. The van der Waals surface area contributed by atoms with E-state index in [0.29, 0.717) is 0 Å². The van der Waals surface area contributed by atoms with E-state index in [9.17, 15) is 0 Å². The van der Waals surface area contributed by atoms with Crippen molar-refractivity contribution >= 4 is 5.97 Å². The van der Waals surface area contributed by atoms with Crippen molar-refractivity contribution in [3.05, 3.63) is 0 Å². The van der Waals surface area contributed by atoms with Crippen molar-refractivity contribution in [3.8, 4) is 0 Å². The lowest BCUT2D eigenvalue weighted by Crippen LogP contribution is -2.16. The normalized spacial score (nSPS) is 10.6. The minimum atomic E-state index is -1.08. The van der Waals surface area contributed by atoms with Crippen LogP contribution < -0.4 is 5.11 Å². The maximum atomic E-state index is 8.89. The van der Waals surface area contributed by atoms with Crippen LogP contribution in [-0.2, 0) is 4.79 Å². The average molecular weight is 357 g/mol. The van der Waals surface area contributed by atoms with Gasteiger partial charge in [0.2, 0.25) is 0 Å². The summed E-state index contributed by atoms with van der Waals surface area (Å²) in [5.41, 5.74) is 0. The summed E-state index contributed by atoms with van der Waals surface area (Å²) in [5.74, 6) is -1.08. The van der Waals surface area contributed by atoms with Gasteiger partial charge in [-0.1, -0.05) is 103 Å². The van der Waals surface area contributed by atoms with E-state index in [-0.39, 0.29) is 0 Å². The zero-order valence-electron chi connectivity index (χ0n) is 17.8. The van der Waals surface area contributed by atoms with E-state index in [1.165, 1.54) is 109 Å². The van der Waals surface area contributed by atoms with Crippen LogP contribution in [0.1, 0.15) is 117 Å². The number of rotatable bonds is 17.